The van der Waals surface area contributed by atoms with Gasteiger partial charge in [-0.2, -0.15) is 0 Å². The Hall–Kier alpha value is -0.340. The van der Waals surface area contributed by atoms with E-state index in [2.05, 4.69) is 36.7 Å². The highest BCUT2D eigenvalue weighted by atomic mass is 32.1. The second-order valence-corrected chi connectivity index (χ2v) is 5.10. The molecule has 1 aliphatic heterocycles. The van der Waals surface area contributed by atoms with Crippen LogP contribution in [0.5, 0.6) is 0 Å². The first-order valence-electron chi connectivity index (χ1n) is 5.61. The molecule has 2 unspecified atom stereocenters. The molecule has 14 heavy (non-hydrogen) atoms. The van der Waals surface area contributed by atoms with Crippen LogP contribution in [0.15, 0.2) is 17.5 Å². The summed E-state index contributed by atoms with van der Waals surface area (Å²) in [5.74, 6) is 0. The van der Waals surface area contributed by atoms with Crippen LogP contribution in [0.25, 0.3) is 0 Å². The SMILES string of the molecule is CCC1NCCC1(CC)c1cccs1. The van der Waals surface area contributed by atoms with E-state index in [-0.39, 0.29) is 0 Å². The minimum atomic E-state index is 0.433. The van der Waals surface area contributed by atoms with Gasteiger partial charge in [-0.1, -0.05) is 19.9 Å². The van der Waals surface area contributed by atoms with Crippen molar-refractivity contribution in [2.24, 2.45) is 0 Å². The zero-order valence-corrected chi connectivity index (χ0v) is 9.86. The number of hydrogen-bond donors (Lipinski definition) is 1. The maximum absolute atomic E-state index is 3.64. The molecule has 1 saturated heterocycles. The third-order valence-corrected chi connectivity index (χ3v) is 4.77. The highest BCUT2D eigenvalue weighted by Gasteiger charge is 2.42. The standard InChI is InChI=1S/C12H19NS/c1-3-10-12(4-2,7-8-13-10)11-6-5-9-14-11/h5-6,9-10,13H,3-4,7-8H2,1-2H3. The van der Waals surface area contributed by atoms with Crippen LogP contribution in [0, 0.1) is 0 Å². The van der Waals surface area contributed by atoms with Gasteiger partial charge >= 0.3 is 0 Å². The Morgan fingerprint density at radius 3 is 3.00 bits per heavy atom. The highest BCUT2D eigenvalue weighted by Crippen LogP contribution is 2.41. The van der Waals surface area contributed by atoms with Crippen LogP contribution in [0.3, 0.4) is 0 Å². The summed E-state index contributed by atoms with van der Waals surface area (Å²) in [7, 11) is 0. The Morgan fingerprint density at radius 2 is 2.43 bits per heavy atom. The minimum absolute atomic E-state index is 0.433. The lowest BCUT2D eigenvalue weighted by atomic mass is 9.76. The second-order valence-electron chi connectivity index (χ2n) is 4.15. The van der Waals surface area contributed by atoms with Gasteiger partial charge in [0, 0.05) is 16.3 Å². The minimum Gasteiger partial charge on any atom is -0.313 e. The summed E-state index contributed by atoms with van der Waals surface area (Å²) < 4.78 is 0. The number of rotatable bonds is 3. The molecule has 1 nitrogen and oxygen atoms in total. The molecule has 1 aliphatic rings. The molecule has 2 heteroatoms. The third-order valence-electron chi connectivity index (χ3n) is 3.68. The molecule has 0 amide bonds. The van der Waals surface area contributed by atoms with Crippen LogP contribution in [0.1, 0.15) is 38.0 Å². The number of nitrogens with one attached hydrogen (secondary N) is 1. The molecule has 0 saturated carbocycles. The fraction of sp³-hybridized carbons (Fsp3) is 0.667. The molecule has 2 atom stereocenters. The molecule has 0 aliphatic carbocycles. The largest absolute Gasteiger partial charge is 0.313 e. The van der Waals surface area contributed by atoms with E-state index >= 15 is 0 Å². The topological polar surface area (TPSA) is 12.0 Å². The Labute approximate surface area is 90.5 Å². The average molecular weight is 209 g/mol. The Bertz CT molecular complexity index is 281. The van der Waals surface area contributed by atoms with Gasteiger partial charge in [0.1, 0.15) is 0 Å². The summed E-state index contributed by atoms with van der Waals surface area (Å²) in [6, 6.07) is 5.18. The van der Waals surface area contributed by atoms with Gasteiger partial charge in [0.15, 0.2) is 0 Å². The lowest BCUT2D eigenvalue weighted by Gasteiger charge is -2.32. The van der Waals surface area contributed by atoms with Gasteiger partial charge in [-0.3, -0.25) is 0 Å². The van der Waals surface area contributed by atoms with Crippen molar-refractivity contribution in [3.05, 3.63) is 22.4 Å². The summed E-state index contributed by atoms with van der Waals surface area (Å²) in [5.41, 5.74) is 0.433. The van der Waals surface area contributed by atoms with E-state index in [0.29, 0.717) is 11.5 Å². The predicted octanol–water partition coefficient (Wildman–Crippen LogP) is 3.17. The monoisotopic (exact) mass is 209 g/mol. The van der Waals surface area contributed by atoms with E-state index < -0.39 is 0 Å². The molecule has 0 spiro atoms. The van der Waals surface area contributed by atoms with Crippen molar-refractivity contribution in [3.63, 3.8) is 0 Å². The van der Waals surface area contributed by atoms with Crippen LogP contribution < -0.4 is 5.32 Å². The fourth-order valence-corrected chi connectivity index (χ4v) is 3.91. The van der Waals surface area contributed by atoms with Crippen LogP contribution in [0.4, 0.5) is 0 Å². The predicted molar refractivity (Wildman–Crippen MR) is 63.0 cm³/mol. The molecular formula is C12H19NS. The van der Waals surface area contributed by atoms with E-state index in [1.807, 2.05) is 11.3 Å². The van der Waals surface area contributed by atoms with Gasteiger partial charge in [-0.25, -0.2) is 0 Å². The summed E-state index contributed by atoms with van der Waals surface area (Å²) in [5, 5.41) is 5.85. The van der Waals surface area contributed by atoms with Crippen molar-refractivity contribution in [3.8, 4) is 0 Å². The van der Waals surface area contributed by atoms with Crippen LogP contribution in [-0.4, -0.2) is 12.6 Å². The number of hydrogen-bond acceptors (Lipinski definition) is 2. The molecule has 1 aromatic heterocycles. The first kappa shape index (κ1) is 10.2. The Morgan fingerprint density at radius 1 is 1.57 bits per heavy atom. The highest BCUT2D eigenvalue weighted by molar-refractivity contribution is 7.10. The second kappa shape index (κ2) is 4.03. The molecule has 1 aromatic rings. The fourth-order valence-electron chi connectivity index (χ4n) is 2.83. The Balaban J connectivity index is 2.33. The van der Waals surface area contributed by atoms with Crippen LogP contribution in [0.2, 0.25) is 0 Å². The molecule has 0 bridgehead atoms. The van der Waals surface area contributed by atoms with Gasteiger partial charge < -0.3 is 5.32 Å². The van der Waals surface area contributed by atoms with Crippen LogP contribution in [-0.2, 0) is 5.41 Å². The zero-order chi connectivity index (χ0) is 10.0. The molecule has 1 N–H and O–H groups in total. The van der Waals surface area contributed by atoms with Crippen molar-refractivity contribution in [1.29, 1.82) is 0 Å². The van der Waals surface area contributed by atoms with Gasteiger partial charge in [-0.05, 0) is 37.3 Å². The van der Waals surface area contributed by atoms with Gasteiger partial charge in [0.25, 0.3) is 0 Å². The van der Waals surface area contributed by atoms with Crippen LogP contribution >= 0.6 is 11.3 Å². The van der Waals surface area contributed by atoms with E-state index in [0.717, 1.165) is 0 Å². The molecule has 0 radical (unpaired) electrons. The number of thiophene rings is 1. The average Bonchev–Trinajstić information content (AvgIpc) is 2.86. The van der Waals surface area contributed by atoms with Gasteiger partial charge in [-0.15, -0.1) is 11.3 Å². The normalized spacial score (nSPS) is 32.3. The summed E-state index contributed by atoms with van der Waals surface area (Å²) in [6.45, 7) is 5.81. The van der Waals surface area contributed by atoms with Gasteiger partial charge in [0.05, 0.1) is 0 Å². The first-order chi connectivity index (χ1) is 6.83. The molecular weight excluding hydrogens is 190 g/mol. The molecule has 2 heterocycles. The van der Waals surface area contributed by atoms with Crippen molar-refractivity contribution in [2.75, 3.05) is 6.54 Å². The smallest absolute Gasteiger partial charge is 0.0210 e. The molecule has 2 rings (SSSR count). The van der Waals surface area contributed by atoms with E-state index in [4.69, 9.17) is 0 Å². The van der Waals surface area contributed by atoms with Crippen molar-refractivity contribution >= 4 is 11.3 Å². The van der Waals surface area contributed by atoms with E-state index in [9.17, 15) is 0 Å². The quantitative estimate of drug-likeness (QED) is 0.806. The lowest BCUT2D eigenvalue weighted by molar-refractivity contribution is 0.354. The van der Waals surface area contributed by atoms with Gasteiger partial charge in [0.2, 0.25) is 0 Å². The maximum Gasteiger partial charge on any atom is 0.0210 e. The summed E-state index contributed by atoms with van der Waals surface area (Å²) in [4.78, 5) is 1.58. The molecule has 78 valence electrons. The first-order valence-corrected chi connectivity index (χ1v) is 6.49. The van der Waals surface area contributed by atoms with Crippen molar-refractivity contribution in [1.82, 2.24) is 5.32 Å². The molecule has 0 aromatic carbocycles. The zero-order valence-electron chi connectivity index (χ0n) is 9.05. The molecule has 1 fully saturated rings. The third kappa shape index (κ3) is 1.41. The van der Waals surface area contributed by atoms with E-state index in [1.54, 1.807) is 4.88 Å². The Kier molecular flexibility index (Phi) is 2.93. The van der Waals surface area contributed by atoms with Crippen molar-refractivity contribution in [2.45, 2.75) is 44.6 Å². The van der Waals surface area contributed by atoms with E-state index in [1.165, 1.54) is 25.8 Å². The summed E-state index contributed by atoms with van der Waals surface area (Å²) in [6.07, 6.45) is 3.81. The maximum atomic E-state index is 3.64. The summed E-state index contributed by atoms with van der Waals surface area (Å²) >= 11 is 1.92. The van der Waals surface area contributed by atoms with Crippen molar-refractivity contribution < 1.29 is 0 Å². The lowest BCUT2D eigenvalue weighted by Crippen LogP contribution is -2.38.